The summed E-state index contributed by atoms with van der Waals surface area (Å²) in [6.45, 7) is 4.14. The van der Waals surface area contributed by atoms with E-state index in [0.29, 0.717) is 58.2 Å². The number of nitrogens with one attached hydrogen (secondary N) is 2. The Labute approximate surface area is 243 Å². The van der Waals surface area contributed by atoms with E-state index in [1.807, 2.05) is 29.8 Å². The molecule has 4 aromatic rings. The molecule has 3 aromatic carbocycles. The topological polar surface area (TPSA) is 104 Å². The Bertz CT molecular complexity index is 1560. The van der Waals surface area contributed by atoms with Crippen LogP contribution in [0.3, 0.4) is 0 Å². The van der Waals surface area contributed by atoms with Gasteiger partial charge in [-0.15, -0.1) is 0 Å². The molecule has 0 atom stereocenters. The highest BCUT2D eigenvalue weighted by molar-refractivity contribution is 6.34. The zero-order valence-corrected chi connectivity index (χ0v) is 23.4. The van der Waals surface area contributed by atoms with E-state index in [4.69, 9.17) is 11.6 Å². The molecule has 0 spiro atoms. The van der Waals surface area contributed by atoms with E-state index >= 15 is 0 Å². The number of ketones is 1. The number of carbonyl (C=O) groups excluding carboxylic acids is 3. The number of piperidine rings is 1. The molecule has 1 aliphatic heterocycles. The molecule has 1 aliphatic rings. The molecule has 1 saturated heterocycles. The SMILES string of the molecule is CCn1cccc1C(=O)Nc1ccc(C(=O)c2ccc(NC(=O)c3ccc(N4CCC(O)CC4)cc3Cl)cc2)cc1. The Balaban J connectivity index is 1.19. The third-order valence-electron chi connectivity index (χ3n) is 7.24. The second-order valence-electron chi connectivity index (χ2n) is 9.95. The summed E-state index contributed by atoms with van der Waals surface area (Å²) in [5.74, 6) is -0.739. The molecule has 3 N–H and O–H groups in total. The summed E-state index contributed by atoms with van der Waals surface area (Å²) in [6, 6.07) is 22.3. The van der Waals surface area contributed by atoms with E-state index in [-0.39, 0.29) is 23.7 Å². The van der Waals surface area contributed by atoms with Crippen LogP contribution in [0.5, 0.6) is 0 Å². The minimum Gasteiger partial charge on any atom is -0.393 e. The molecule has 1 fully saturated rings. The van der Waals surface area contributed by atoms with Gasteiger partial charge in [0, 0.05) is 54.0 Å². The van der Waals surface area contributed by atoms with Gasteiger partial charge in [0.1, 0.15) is 5.69 Å². The minimum atomic E-state index is -0.349. The fourth-order valence-electron chi connectivity index (χ4n) is 4.87. The van der Waals surface area contributed by atoms with E-state index < -0.39 is 0 Å². The summed E-state index contributed by atoms with van der Waals surface area (Å²) in [6.07, 6.45) is 3.00. The van der Waals surface area contributed by atoms with Crippen LogP contribution in [0.25, 0.3) is 0 Å². The van der Waals surface area contributed by atoms with Crippen molar-refractivity contribution >= 4 is 46.3 Å². The van der Waals surface area contributed by atoms with Crippen LogP contribution < -0.4 is 15.5 Å². The number of aliphatic hydroxyl groups is 1. The number of aromatic nitrogens is 1. The van der Waals surface area contributed by atoms with Crippen LogP contribution in [0, 0.1) is 0 Å². The Kier molecular flexibility index (Phi) is 8.52. The number of aliphatic hydroxyl groups excluding tert-OH is 1. The highest BCUT2D eigenvalue weighted by Crippen LogP contribution is 2.27. The lowest BCUT2D eigenvalue weighted by atomic mass is 10.0. The van der Waals surface area contributed by atoms with Crippen molar-refractivity contribution < 1.29 is 19.5 Å². The van der Waals surface area contributed by atoms with Crippen molar-refractivity contribution in [3.8, 4) is 0 Å². The zero-order chi connectivity index (χ0) is 28.9. The quantitative estimate of drug-likeness (QED) is 0.230. The largest absolute Gasteiger partial charge is 0.393 e. The number of benzene rings is 3. The van der Waals surface area contributed by atoms with E-state index in [1.165, 1.54) is 0 Å². The molecule has 1 aromatic heterocycles. The zero-order valence-electron chi connectivity index (χ0n) is 22.6. The Morgan fingerprint density at radius 2 is 1.44 bits per heavy atom. The predicted octanol–water partition coefficient (Wildman–Crippen LogP) is 5.86. The summed E-state index contributed by atoms with van der Waals surface area (Å²) in [7, 11) is 0. The first-order valence-electron chi connectivity index (χ1n) is 13.6. The summed E-state index contributed by atoms with van der Waals surface area (Å²) >= 11 is 6.45. The summed E-state index contributed by atoms with van der Waals surface area (Å²) in [4.78, 5) is 40.6. The first-order chi connectivity index (χ1) is 19.8. The third kappa shape index (κ3) is 6.51. The van der Waals surface area contributed by atoms with Crippen LogP contribution in [0.2, 0.25) is 5.02 Å². The first kappa shape index (κ1) is 28.1. The molecule has 5 rings (SSSR count). The molecule has 41 heavy (non-hydrogen) atoms. The Morgan fingerprint density at radius 1 is 0.854 bits per heavy atom. The van der Waals surface area contributed by atoms with Gasteiger partial charge < -0.3 is 25.2 Å². The molecule has 0 aliphatic carbocycles. The minimum absolute atomic E-state index is 0.176. The number of nitrogens with zero attached hydrogens (tertiary/aromatic N) is 2. The molecule has 0 unspecified atom stereocenters. The number of halogens is 1. The number of rotatable bonds is 8. The second kappa shape index (κ2) is 12.4. The maximum atomic E-state index is 13.0. The summed E-state index contributed by atoms with van der Waals surface area (Å²) in [5.41, 5.74) is 3.91. The van der Waals surface area contributed by atoms with E-state index in [9.17, 15) is 19.5 Å². The van der Waals surface area contributed by atoms with E-state index in [0.717, 1.165) is 18.8 Å². The number of hydrogen-bond acceptors (Lipinski definition) is 5. The van der Waals surface area contributed by atoms with Crippen LogP contribution in [0.4, 0.5) is 17.1 Å². The molecule has 8 nitrogen and oxygen atoms in total. The highest BCUT2D eigenvalue weighted by Gasteiger charge is 2.19. The van der Waals surface area contributed by atoms with Gasteiger partial charge in [-0.2, -0.15) is 0 Å². The summed E-state index contributed by atoms with van der Waals surface area (Å²) in [5, 5.41) is 15.8. The lowest BCUT2D eigenvalue weighted by molar-refractivity contribution is 0.101. The highest BCUT2D eigenvalue weighted by atomic mass is 35.5. The first-order valence-corrected chi connectivity index (χ1v) is 14.0. The molecular formula is C32H31ClN4O4. The molecule has 0 radical (unpaired) electrons. The Hall–Kier alpha value is -4.40. The van der Waals surface area contributed by atoms with Gasteiger partial charge in [-0.1, -0.05) is 11.6 Å². The molecular weight excluding hydrogens is 540 g/mol. The van der Waals surface area contributed by atoms with Crippen molar-refractivity contribution in [2.24, 2.45) is 0 Å². The van der Waals surface area contributed by atoms with Crippen LogP contribution in [0.1, 0.15) is 56.5 Å². The number of amides is 2. The average Bonchev–Trinajstić information content (AvgIpc) is 3.47. The molecule has 0 saturated carbocycles. The fraction of sp³-hybridized carbons (Fsp3) is 0.219. The number of aryl methyl sites for hydroxylation is 1. The van der Waals surface area contributed by atoms with E-state index in [1.54, 1.807) is 66.7 Å². The molecule has 210 valence electrons. The second-order valence-corrected chi connectivity index (χ2v) is 10.4. The molecule has 2 amide bonds. The molecule has 0 bridgehead atoms. The number of anilines is 3. The smallest absolute Gasteiger partial charge is 0.272 e. The molecule has 2 heterocycles. The van der Waals surface area contributed by atoms with Gasteiger partial charge in [0.25, 0.3) is 11.8 Å². The normalized spacial score (nSPS) is 13.6. The predicted molar refractivity (Wildman–Crippen MR) is 161 cm³/mol. The number of carbonyl (C=O) groups is 3. The van der Waals surface area contributed by atoms with Crippen LogP contribution in [0.15, 0.2) is 85.1 Å². The van der Waals surface area contributed by atoms with Gasteiger partial charge >= 0.3 is 0 Å². The third-order valence-corrected chi connectivity index (χ3v) is 7.55. The van der Waals surface area contributed by atoms with E-state index in [2.05, 4.69) is 15.5 Å². The van der Waals surface area contributed by atoms with Crippen molar-refractivity contribution in [1.29, 1.82) is 0 Å². The lowest BCUT2D eigenvalue weighted by Crippen LogP contribution is -2.35. The lowest BCUT2D eigenvalue weighted by Gasteiger charge is -2.31. The van der Waals surface area contributed by atoms with Gasteiger partial charge in [0.15, 0.2) is 5.78 Å². The van der Waals surface area contributed by atoms with Crippen molar-refractivity contribution in [2.45, 2.75) is 32.4 Å². The van der Waals surface area contributed by atoms with Crippen molar-refractivity contribution in [2.75, 3.05) is 28.6 Å². The summed E-state index contributed by atoms with van der Waals surface area (Å²) < 4.78 is 1.85. The molecule has 9 heteroatoms. The van der Waals surface area contributed by atoms with Gasteiger partial charge in [-0.3, -0.25) is 14.4 Å². The van der Waals surface area contributed by atoms with Crippen LogP contribution >= 0.6 is 11.6 Å². The number of hydrogen-bond donors (Lipinski definition) is 3. The fourth-order valence-corrected chi connectivity index (χ4v) is 5.14. The Morgan fingerprint density at radius 3 is 2.00 bits per heavy atom. The monoisotopic (exact) mass is 570 g/mol. The standard InChI is InChI=1S/C32H31ClN4O4/c1-2-36-17-3-4-29(36)32(41)35-24-11-7-22(8-12-24)30(39)21-5-9-23(10-6-21)34-31(40)27-14-13-25(20-28(27)33)37-18-15-26(38)16-19-37/h3-14,17,20,26,38H,2,15-16,18-19H2,1H3,(H,34,40)(H,35,41). The maximum absolute atomic E-state index is 13.0. The van der Waals surface area contributed by atoms with Gasteiger partial charge in [-0.05, 0) is 98.6 Å². The maximum Gasteiger partial charge on any atom is 0.272 e. The van der Waals surface area contributed by atoms with Crippen molar-refractivity contribution in [1.82, 2.24) is 4.57 Å². The van der Waals surface area contributed by atoms with Gasteiger partial charge in [0.05, 0.1) is 16.7 Å². The average molecular weight is 571 g/mol. The van der Waals surface area contributed by atoms with Gasteiger partial charge in [-0.25, -0.2) is 0 Å². The van der Waals surface area contributed by atoms with Crippen LogP contribution in [-0.2, 0) is 6.54 Å². The van der Waals surface area contributed by atoms with Gasteiger partial charge in [0.2, 0.25) is 0 Å². The van der Waals surface area contributed by atoms with Crippen molar-refractivity contribution in [3.05, 3.63) is 112 Å². The van der Waals surface area contributed by atoms with Crippen molar-refractivity contribution in [3.63, 3.8) is 0 Å². The van der Waals surface area contributed by atoms with Crippen LogP contribution in [-0.4, -0.2) is 46.5 Å².